The van der Waals surface area contributed by atoms with E-state index in [0.717, 1.165) is 24.9 Å². The maximum atomic E-state index is 12.6. The van der Waals surface area contributed by atoms with Crippen LogP contribution in [0, 0.1) is 33.5 Å². The number of hydrogen-bond donors (Lipinski definition) is 0. The predicted molar refractivity (Wildman–Crippen MR) is 127 cm³/mol. The summed E-state index contributed by atoms with van der Waals surface area (Å²) < 4.78 is 11.2. The summed E-state index contributed by atoms with van der Waals surface area (Å²) >= 11 is 0. The monoisotopic (exact) mass is 454 g/mol. The van der Waals surface area contributed by atoms with Crippen LogP contribution in [0.3, 0.4) is 0 Å². The summed E-state index contributed by atoms with van der Waals surface area (Å²) in [4.78, 5) is 25.2. The molecule has 0 aliphatic heterocycles. The molecule has 6 heteroatoms. The van der Waals surface area contributed by atoms with E-state index in [1.54, 1.807) is 0 Å². The van der Waals surface area contributed by atoms with Gasteiger partial charge in [0.1, 0.15) is 0 Å². The van der Waals surface area contributed by atoms with Gasteiger partial charge in [0.25, 0.3) is 11.9 Å². The van der Waals surface area contributed by atoms with E-state index in [4.69, 9.17) is 8.85 Å². The molecule has 4 nitrogen and oxygen atoms in total. The minimum atomic E-state index is -0.128. The molecule has 0 aliphatic carbocycles. The third kappa shape index (κ3) is 10.6. The molecular formula is C24H46O4Si2. The lowest BCUT2D eigenvalue weighted by Gasteiger charge is -2.38. The normalized spacial score (nSPS) is 13.7. The summed E-state index contributed by atoms with van der Waals surface area (Å²) in [7, 11) is 0.394. The zero-order valence-electron chi connectivity index (χ0n) is 21.6. The lowest BCUT2D eigenvalue weighted by Crippen LogP contribution is -2.40. The second-order valence-electron chi connectivity index (χ2n) is 12.7. The van der Waals surface area contributed by atoms with Crippen molar-refractivity contribution in [1.29, 1.82) is 0 Å². The minimum absolute atomic E-state index is 0.0838. The molecule has 0 N–H and O–H groups in total. The molecular weight excluding hydrogens is 408 g/mol. The molecule has 0 saturated carbocycles. The molecule has 0 bridgehead atoms. The van der Waals surface area contributed by atoms with E-state index in [2.05, 4.69) is 83.1 Å². The van der Waals surface area contributed by atoms with E-state index < -0.39 is 0 Å². The molecule has 0 aromatic carbocycles. The van der Waals surface area contributed by atoms with Crippen LogP contribution in [0.25, 0.3) is 0 Å². The highest BCUT2D eigenvalue weighted by Crippen LogP contribution is 2.41. The van der Waals surface area contributed by atoms with Gasteiger partial charge in [0.2, 0.25) is 0 Å². The maximum absolute atomic E-state index is 12.6. The van der Waals surface area contributed by atoms with Crippen LogP contribution in [0.15, 0.2) is 0 Å². The molecule has 4 radical (unpaired) electrons. The van der Waals surface area contributed by atoms with Gasteiger partial charge in [0.15, 0.2) is 0 Å². The molecule has 0 spiro atoms. The number of carbonyl (C=O) groups excluding carboxylic acids is 2. The smallest absolute Gasteiger partial charge is 0.314 e. The average Bonchev–Trinajstić information content (AvgIpc) is 2.43. The van der Waals surface area contributed by atoms with Gasteiger partial charge >= 0.3 is 19.5 Å². The summed E-state index contributed by atoms with van der Waals surface area (Å²) in [6.45, 7) is 25.2. The Balaban J connectivity index is 4.25. The Morgan fingerprint density at radius 3 is 1.00 bits per heavy atom. The van der Waals surface area contributed by atoms with Crippen LogP contribution < -0.4 is 0 Å². The van der Waals surface area contributed by atoms with Gasteiger partial charge in [-0.2, -0.15) is 0 Å². The molecule has 0 atom stereocenters. The van der Waals surface area contributed by atoms with Crippen LogP contribution >= 0.6 is 0 Å². The van der Waals surface area contributed by atoms with Crippen molar-refractivity contribution in [3.63, 3.8) is 0 Å². The highest BCUT2D eigenvalue weighted by atomic mass is 28.2. The van der Waals surface area contributed by atoms with Crippen molar-refractivity contribution in [2.24, 2.45) is 33.5 Å². The van der Waals surface area contributed by atoms with Crippen LogP contribution in [0.5, 0.6) is 0 Å². The van der Waals surface area contributed by atoms with Gasteiger partial charge in [-0.05, 0) is 33.7 Å². The first kappa shape index (κ1) is 29.4. The fourth-order valence-corrected chi connectivity index (χ4v) is 6.28. The molecule has 0 aromatic rings. The Bertz CT molecular complexity index is 468. The Morgan fingerprint density at radius 2 is 0.800 bits per heavy atom. The van der Waals surface area contributed by atoms with Gasteiger partial charge in [-0.15, -0.1) is 0 Å². The first-order valence-electron chi connectivity index (χ1n) is 11.2. The van der Waals surface area contributed by atoms with Crippen molar-refractivity contribution in [2.45, 2.75) is 108 Å². The molecule has 30 heavy (non-hydrogen) atoms. The summed E-state index contributed by atoms with van der Waals surface area (Å²) in [5.74, 6) is -0.423. The second-order valence-corrected chi connectivity index (χ2v) is 14.7. The molecule has 0 unspecified atom stereocenters. The van der Waals surface area contributed by atoms with Gasteiger partial charge in [-0.25, -0.2) is 0 Å². The van der Waals surface area contributed by atoms with Gasteiger partial charge in [0.05, 0.1) is 11.8 Å². The fraction of sp³-hybridized carbons (Fsp3) is 0.917. The lowest BCUT2D eigenvalue weighted by atomic mass is 9.67. The largest absolute Gasteiger partial charge is 0.516 e. The van der Waals surface area contributed by atoms with E-state index in [1.165, 1.54) is 0 Å². The van der Waals surface area contributed by atoms with E-state index >= 15 is 0 Å². The standard InChI is InChI=1S/C24H46O4Si2/c1-21(2,3)17(22(4,5)6)19(25)27-29-15-13-14-16-30-28-20(26)18(23(7,8)9)24(10,11)12/h17-18H,13-16H2,1-12H3. The minimum Gasteiger partial charge on any atom is -0.516 e. The zero-order valence-corrected chi connectivity index (χ0v) is 23.6. The first-order valence-corrected chi connectivity index (χ1v) is 13.4. The van der Waals surface area contributed by atoms with Crippen molar-refractivity contribution < 1.29 is 18.4 Å². The van der Waals surface area contributed by atoms with Gasteiger partial charge in [-0.1, -0.05) is 95.9 Å². The SMILES string of the molecule is CC(C)(C)C(C(=O)O[Si]CCCC[Si]OC(=O)C(C(C)(C)C)C(C)(C)C)C(C)(C)C. The highest BCUT2D eigenvalue weighted by Gasteiger charge is 2.42. The Morgan fingerprint density at radius 1 is 0.567 bits per heavy atom. The van der Waals surface area contributed by atoms with Crippen LogP contribution in [0.1, 0.15) is 95.9 Å². The van der Waals surface area contributed by atoms with Gasteiger partial charge in [-0.3, -0.25) is 9.59 Å². The molecule has 174 valence electrons. The van der Waals surface area contributed by atoms with Crippen molar-refractivity contribution in [3.05, 3.63) is 0 Å². The van der Waals surface area contributed by atoms with E-state index in [9.17, 15) is 9.59 Å². The Hall–Kier alpha value is -0.626. The van der Waals surface area contributed by atoms with E-state index in [0.29, 0.717) is 0 Å². The molecule has 0 heterocycles. The average molecular weight is 455 g/mol. The number of rotatable bonds is 9. The number of hydrogen-bond acceptors (Lipinski definition) is 4. The van der Waals surface area contributed by atoms with Crippen LogP contribution in [0.2, 0.25) is 12.1 Å². The Labute approximate surface area is 191 Å². The summed E-state index contributed by atoms with van der Waals surface area (Å²) in [6.07, 6.45) is 1.96. The molecule has 0 aromatic heterocycles. The third-order valence-corrected chi connectivity index (χ3v) is 6.90. The lowest BCUT2D eigenvalue weighted by molar-refractivity contribution is -0.149. The van der Waals surface area contributed by atoms with Crippen molar-refractivity contribution >= 4 is 31.5 Å². The summed E-state index contributed by atoms with van der Waals surface area (Å²) in [6, 6.07) is 1.75. The quantitative estimate of drug-likeness (QED) is 0.301. The molecule has 0 amide bonds. The van der Waals surface area contributed by atoms with Crippen molar-refractivity contribution in [1.82, 2.24) is 0 Å². The zero-order chi connectivity index (χ0) is 24.0. The Kier molecular flexibility index (Phi) is 11.1. The van der Waals surface area contributed by atoms with Crippen LogP contribution in [0.4, 0.5) is 0 Å². The predicted octanol–water partition coefficient (Wildman–Crippen LogP) is 6.34. The van der Waals surface area contributed by atoms with E-state index in [-0.39, 0.29) is 65.0 Å². The molecule has 0 aliphatic rings. The maximum Gasteiger partial charge on any atom is 0.314 e. The fourth-order valence-electron chi connectivity index (χ4n) is 4.77. The number of carbonyl (C=O) groups is 2. The summed E-state index contributed by atoms with van der Waals surface area (Å²) in [5, 5.41) is 0. The van der Waals surface area contributed by atoms with Crippen LogP contribution in [-0.2, 0) is 18.4 Å². The van der Waals surface area contributed by atoms with Gasteiger partial charge in [0, 0.05) is 0 Å². The van der Waals surface area contributed by atoms with Gasteiger partial charge < -0.3 is 8.85 Å². The van der Waals surface area contributed by atoms with Crippen LogP contribution in [-0.4, -0.2) is 31.5 Å². The highest BCUT2D eigenvalue weighted by molar-refractivity contribution is 6.31. The first-order chi connectivity index (χ1) is 13.3. The third-order valence-electron chi connectivity index (χ3n) is 5.09. The molecule has 0 rings (SSSR count). The van der Waals surface area contributed by atoms with E-state index in [1.807, 2.05) is 0 Å². The second kappa shape index (κ2) is 11.3. The molecule has 0 fully saturated rings. The topological polar surface area (TPSA) is 52.6 Å². The number of unbranched alkanes of at least 4 members (excludes halogenated alkanes) is 1. The summed E-state index contributed by atoms with van der Waals surface area (Å²) in [5.41, 5.74) is -0.489. The van der Waals surface area contributed by atoms with Crippen molar-refractivity contribution in [3.8, 4) is 0 Å². The molecule has 0 saturated heterocycles. The van der Waals surface area contributed by atoms with Crippen molar-refractivity contribution in [2.75, 3.05) is 0 Å².